The third kappa shape index (κ3) is 4.43. The lowest BCUT2D eigenvalue weighted by Gasteiger charge is -2.33. The van der Waals surface area contributed by atoms with E-state index in [-0.39, 0.29) is 12.5 Å². The first-order chi connectivity index (χ1) is 15.9. The third-order valence-corrected chi connectivity index (χ3v) is 7.14. The van der Waals surface area contributed by atoms with Gasteiger partial charge in [0.05, 0.1) is 23.1 Å². The first-order valence-electron chi connectivity index (χ1n) is 10.8. The van der Waals surface area contributed by atoms with Gasteiger partial charge in [0.2, 0.25) is 0 Å². The molecule has 0 atom stereocenters. The molecule has 3 heterocycles. The molecule has 2 aromatic carbocycles. The number of alkyl halides is 3. The molecule has 5 rings (SSSR count). The Labute approximate surface area is 193 Å². The smallest absolute Gasteiger partial charge is 0.321 e. The largest absolute Gasteiger partial charge is 0.416 e. The number of benzene rings is 2. The van der Waals surface area contributed by atoms with Gasteiger partial charge in [0.1, 0.15) is 26.2 Å². The molecule has 9 heteroatoms. The predicted octanol–water partition coefficient (Wildman–Crippen LogP) is 3.05. The molecule has 2 aliphatic heterocycles. The number of fused-ring (bicyclic) bond motifs is 2. The van der Waals surface area contributed by atoms with Crippen LogP contribution in [0.1, 0.15) is 5.56 Å². The summed E-state index contributed by atoms with van der Waals surface area (Å²) in [4.78, 5) is 23.1. The number of nitrogens with zero attached hydrogens (tertiary/aromatic N) is 2. The average molecular weight is 473 g/mol. The molecule has 0 spiro atoms. The van der Waals surface area contributed by atoms with Gasteiger partial charge in [0.25, 0.3) is 11.7 Å². The van der Waals surface area contributed by atoms with Gasteiger partial charge < -0.3 is 4.90 Å². The molecular weight excluding hydrogens is 449 g/mol. The second kappa shape index (κ2) is 8.72. The van der Waals surface area contributed by atoms with Crippen LogP contribution in [0.4, 0.5) is 30.4 Å². The average Bonchev–Trinajstić information content (AvgIpc) is 2.82. The number of piperazine rings is 1. The van der Waals surface area contributed by atoms with Gasteiger partial charge in [-0.1, -0.05) is 30.0 Å². The van der Waals surface area contributed by atoms with Gasteiger partial charge in [-0.2, -0.15) is 13.2 Å². The number of para-hydroxylation sites is 1. The predicted molar refractivity (Wildman–Crippen MR) is 120 cm³/mol. The van der Waals surface area contributed by atoms with Gasteiger partial charge in [-0.15, -0.1) is 0 Å². The minimum Gasteiger partial charge on any atom is -0.321 e. The van der Waals surface area contributed by atoms with Gasteiger partial charge in [-0.05, 0) is 36.4 Å². The van der Waals surface area contributed by atoms with Crippen LogP contribution in [0.25, 0.3) is 0 Å². The summed E-state index contributed by atoms with van der Waals surface area (Å²) in [5.41, 5.74) is 0.186. The number of carbonyl (C=O) groups is 1. The zero-order chi connectivity index (χ0) is 23.0. The Hall–Kier alpha value is -3.04. The number of hydrogen-bond acceptors (Lipinski definition) is 3. The van der Waals surface area contributed by atoms with Crippen LogP contribution in [0.2, 0.25) is 0 Å². The molecule has 0 unspecified atom stereocenters. The summed E-state index contributed by atoms with van der Waals surface area (Å²) >= 11 is 1.39. The molecule has 33 heavy (non-hydrogen) atoms. The number of nitrogens with one attached hydrogen (secondary N) is 2. The SMILES string of the molecule is O=C(C[NH+]1CCN(c2cccc[nH+]2)CC1)N1c2ccccc2Sc2ccc(C(F)(F)F)cc21. The summed E-state index contributed by atoms with van der Waals surface area (Å²) in [6.07, 6.45) is -2.59. The summed E-state index contributed by atoms with van der Waals surface area (Å²) in [7, 11) is 0. The monoisotopic (exact) mass is 472 g/mol. The third-order valence-electron chi connectivity index (χ3n) is 6.01. The molecular formula is C24H23F3N4OS+2. The van der Waals surface area contributed by atoms with Crippen LogP contribution in [-0.2, 0) is 11.0 Å². The highest BCUT2D eigenvalue weighted by Crippen LogP contribution is 2.49. The number of H-pyrrole nitrogens is 1. The molecule has 2 N–H and O–H groups in total. The van der Waals surface area contributed by atoms with E-state index < -0.39 is 11.7 Å². The van der Waals surface area contributed by atoms with Crippen molar-refractivity contribution in [3.63, 3.8) is 0 Å². The molecule has 1 saturated heterocycles. The maximum atomic E-state index is 13.5. The van der Waals surface area contributed by atoms with Crippen LogP contribution in [-0.4, -0.2) is 38.6 Å². The fourth-order valence-corrected chi connectivity index (χ4v) is 5.35. The minimum atomic E-state index is -4.47. The summed E-state index contributed by atoms with van der Waals surface area (Å²) < 4.78 is 40.2. The number of halogens is 3. The number of pyridine rings is 1. The molecule has 0 saturated carbocycles. The van der Waals surface area contributed by atoms with E-state index in [4.69, 9.17) is 0 Å². The summed E-state index contributed by atoms with van der Waals surface area (Å²) in [6, 6.07) is 16.9. The van der Waals surface area contributed by atoms with E-state index in [1.165, 1.54) is 22.7 Å². The molecule has 0 aliphatic carbocycles. The molecule has 1 fully saturated rings. The zero-order valence-electron chi connectivity index (χ0n) is 17.7. The van der Waals surface area contributed by atoms with Gasteiger partial charge in [0.15, 0.2) is 6.54 Å². The lowest BCUT2D eigenvalue weighted by Crippen LogP contribution is -3.16. The van der Waals surface area contributed by atoms with Crippen LogP contribution in [0.15, 0.2) is 76.7 Å². The van der Waals surface area contributed by atoms with Crippen LogP contribution >= 0.6 is 11.8 Å². The minimum absolute atomic E-state index is 0.196. The van der Waals surface area contributed by atoms with Crippen molar-refractivity contribution in [1.29, 1.82) is 0 Å². The Morgan fingerprint density at radius 3 is 2.42 bits per heavy atom. The van der Waals surface area contributed by atoms with Crippen molar-refractivity contribution in [1.82, 2.24) is 0 Å². The number of rotatable bonds is 3. The number of aromatic amines is 1. The molecule has 5 nitrogen and oxygen atoms in total. The van der Waals surface area contributed by atoms with E-state index >= 15 is 0 Å². The topological polar surface area (TPSA) is 42.1 Å². The molecule has 0 bridgehead atoms. The first-order valence-corrected chi connectivity index (χ1v) is 11.6. The van der Waals surface area contributed by atoms with Crippen LogP contribution in [0.3, 0.4) is 0 Å². The van der Waals surface area contributed by atoms with E-state index in [0.29, 0.717) is 16.3 Å². The Bertz CT molecular complexity index is 1160. The number of aromatic nitrogens is 1. The van der Waals surface area contributed by atoms with Crippen LogP contribution < -0.4 is 19.7 Å². The second-order valence-corrected chi connectivity index (χ2v) is 9.22. The van der Waals surface area contributed by atoms with E-state index in [9.17, 15) is 18.0 Å². The molecule has 3 aromatic rings. The van der Waals surface area contributed by atoms with Gasteiger partial charge in [-0.25, -0.2) is 4.98 Å². The Balaban J connectivity index is 1.38. The van der Waals surface area contributed by atoms with Crippen molar-refractivity contribution in [2.24, 2.45) is 0 Å². The van der Waals surface area contributed by atoms with Gasteiger partial charge in [-0.3, -0.25) is 14.6 Å². The van der Waals surface area contributed by atoms with Crippen molar-refractivity contribution in [2.75, 3.05) is 42.5 Å². The van der Waals surface area contributed by atoms with Crippen LogP contribution in [0.5, 0.6) is 0 Å². The number of amides is 1. The number of anilines is 3. The highest BCUT2D eigenvalue weighted by molar-refractivity contribution is 7.99. The normalized spacial score (nSPS) is 16.3. The molecule has 170 valence electrons. The van der Waals surface area contributed by atoms with Crippen molar-refractivity contribution >= 4 is 34.9 Å². The number of hydrogen-bond donors (Lipinski definition) is 1. The van der Waals surface area contributed by atoms with Crippen molar-refractivity contribution in [2.45, 2.75) is 16.0 Å². The second-order valence-electron chi connectivity index (χ2n) is 8.14. The van der Waals surface area contributed by atoms with Crippen LogP contribution in [0, 0.1) is 0 Å². The lowest BCUT2D eigenvalue weighted by atomic mass is 10.1. The molecule has 2 aliphatic rings. The Kier molecular flexibility index (Phi) is 5.76. The molecule has 1 amide bonds. The summed E-state index contributed by atoms with van der Waals surface area (Å²) in [5, 5.41) is 0. The highest BCUT2D eigenvalue weighted by Gasteiger charge is 2.36. The Morgan fingerprint density at radius 2 is 1.70 bits per heavy atom. The fourth-order valence-electron chi connectivity index (χ4n) is 4.31. The first kappa shape index (κ1) is 21.8. The number of quaternary nitrogens is 1. The van der Waals surface area contributed by atoms with E-state index in [1.807, 2.05) is 36.5 Å². The number of carbonyl (C=O) groups excluding carboxylic acids is 1. The quantitative estimate of drug-likeness (QED) is 0.637. The maximum absolute atomic E-state index is 13.5. The van der Waals surface area contributed by atoms with Crippen molar-refractivity contribution in [3.8, 4) is 0 Å². The van der Waals surface area contributed by atoms with Gasteiger partial charge in [0, 0.05) is 15.9 Å². The van der Waals surface area contributed by atoms with E-state index in [0.717, 1.165) is 53.9 Å². The molecule has 0 radical (unpaired) electrons. The van der Waals surface area contributed by atoms with Crippen molar-refractivity contribution < 1.29 is 27.8 Å². The summed E-state index contributed by atoms with van der Waals surface area (Å²) in [6.45, 7) is 3.36. The van der Waals surface area contributed by atoms with Gasteiger partial charge >= 0.3 is 6.18 Å². The van der Waals surface area contributed by atoms with E-state index in [2.05, 4.69) is 9.88 Å². The standard InChI is InChI=1S/C24H21F3N4OS/c25-24(26,27)17-8-9-21-19(15-17)31(18-5-1-2-6-20(18)33-21)23(32)16-29-11-13-30(14-12-29)22-7-3-4-10-28-22/h1-10,15H,11-14,16H2/p+2. The maximum Gasteiger partial charge on any atom is 0.416 e. The lowest BCUT2D eigenvalue weighted by molar-refractivity contribution is -0.892. The summed E-state index contributed by atoms with van der Waals surface area (Å²) in [5.74, 6) is 0.844. The van der Waals surface area contributed by atoms with Crippen molar-refractivity contribution in [3.05, 3.63) is 72.4 Å². The highest BCUT2D eigenvalue weighted by atomic mass is 32.2. The molecule has 1 aromatic heterocycles. The zero-order valence-corrected chi connectivity index (χ0v) is 18.5. The fraction of sp³-hybridized carbons (Fsp3) is 0.250. The van der Waals surface area contributed by atoms with E-state index in [1.54, 1.807) is 12.1 Å². The Morgan fingerprint density at radius 1 is 0.970 bits per heavy atom.